The van der Waals surface area contributed by atoms with Crippen LogP contribution in [0, 0.1) is 5.82 Å². The zero-order valence-electron chi connectivity index (χ0n) is 13.2. The monoisotopic (exact) mass is 333 g/mol. The van der Waals surface area contributed by atoms with Gasteiger partial charge in [-0.05, 0) is 18.9 Å². The van der Waals surface area contributed by atoms with E-state index < -0.39 is 5.60 Å². The number of carbonyl (C=O) groups excluding carboxylic acids is 1. The summed E-state index contributed by atoms with van der Waals surface area (Å²) in [7, 11) is 0. The molecule has 1 aliphatic rings. The van der Waals surface area contributed by atoms with Crippen molar-refractivity contribution in [2.75, 3.05) is 13.1 Å². The molecule has 0 radical (unpaired) electrons. The molecule has 1 aromatic carbocycles. The van der Waals surface area contributed by atoms with E-state index in [-0.39, 0.29) is 24.8 Å². The molecule has 2 heterocycles. The number of benzene rings is 1. The lowest BCUT2D eigenvalue weighted by Gasteiger charge is -2.38. The van der Waals surface area contributed by atoms with E-state index in [1.807, 2.05) is 0 Å². The SMILES string of the molecule is O=C1N(Cc2ccccc2F)CCC[C@]1(O)CNCc1ccon1. The van der Waals surface area contributed by atoms with Gasteiger partial charge in [0.05, 0.1) is 5.69 Å². The average Bonchev–Trinajstić information content (AvgIpc) is 3.07. The number of carbonyl (C=O) groups is 1. The van der Waals surface area contributed by atoms with Crippen LogP contribution in [0.1, 0.15) is 24.1 Å². The van der Waals surface area contributed by atoms with Gasteiger partial charge in [-0.2, -0.15) is 0 Å². The van der Waals surface area contributed by atoms with Crippen molar-refractivity contribution in [2.45, 2.75) is 31.5 Å². The highest BCUT2D eigenvalue weighted by molar-refractivity contribution is 5.86. The molecular formula is C17H20FN3O3. The van der Waals surface area contributed by atoms with Crippen molar-refractivity contribution in [2.24, 2.45) is 0 Å². The van der Waals surface area contributed by atoms with Crippen molar-refractivity contribution in [3.05, 3.63) is 53.7 Å². The largest absolute Gasteiger partial charge is 0.379 e. The van der Waals surface area contributed by atoms with E-state index in [9.17, 15) is 14.3 Å². The number of amides is 1. The average molecular weight is 333 g/mol. The number of hydrogen-bond acceptors (Lipinski definition) is 5. The van der Waals surface area contributed by atoms with Crippen molar-refractivity contribution in [3.8, 4) is 0 Å². The van der Waals surface area contributed by atoms with Gasteiger partial charge >= 0.3 is 0 Å². The standard InChI is InChI=1S/C17H20FN3O3/c18-15-5-2-1-4-13(15)11-21-8-3-7-17(23,16(21)22)12-19-10-14-6-9-24-20-14/h1-2,4-6,9,19,23H,3,7-8,10-12H2/t17-/m0/s1. The Morgan fingerprint density at radius 2 is 2.21 bits per heavy atom. The molecule has 1 aromatic heterocycles. The van der Waals surface area contributed by atoms with Crippen LogP contribution in [0.3, 0.4) is 0 Å². The van der Waals surface area contributed by atoms with Crippen LogP contribution in [0.5, 0.6) is 0 Å². The van der Waals surface area contributed by atoms with Gasteiger partial charge in [-0.25, -0.2) is 4.39 Å². The minimum atomic E-state index is -1.48. The van der Waals surface area contributed by atoms with Gasteiger partial charge in [-0.15, -0.1) is 0 Å². The van der Waals surface area contributed by atoms with Crippen LogP contribution >= 0.6 is 0 Å². The predicted molar refractivity (Wildman–Crippen MR) is 84.2 cm³/mol. The lowest BCUT2D eigenvalue weighted by Crippen LogP contribution is -2.57. The second-order valence-corrected chi connectivity index (χ2v) is 6.05. The first-order chi connectivity index (χ1) is 11.6. The Labute approximate surface area is 139 Å². The highest BCUT2D eigenvalue weighted by atomic mass is 19.1. The van der Waals surface area contributed by atoms with Crippen molar-refractivity contribution in [3.63, 3.8) is 0 Å². The molecule has 0 saturated carbocycles. The Morgan fingerprint density at radius 3 is 2.96 bits per heavy atom. The molecule has 0 spiro atoms. The highest BCUT2D eigenvalue weighted by Crippen LogP contribution is 2.24. The number of hydrogen-bond donors (Lipinski definition) is 2. The van der Waals surface area contributed by atoms with Crippen LogP contribution in [0.25, 0.3) is 0 Å². The summed E-state index contributed by atoms with van der Waals surface area (Å²) in [5, 5.41) is 17.5. The molecule has 0 aliphatic carbocycles. The van der Waals surface area contributed by atoms with E-state index >= 15 is 0 Å². The number of aliphatic hydroxyl groups is 1. The zero-order valence-corrected chi connectivity index (χ0v) is 13.2. The second-order valence-electron chi connectivity index (χ2n) is 6.05. The summed E-state index contributed by atoms with van der Waals surface area (Å²) in [5.41, 5.74) is -0.330. The first-order valence-corrected chi connectivity index (χ1v) is 7.94. The van der Waals surface area contributed by atoms with Crippen molar-refractivity contribution < 1.29 is 18.8 Å². The number of halogens is 1. The van der Waals surface area contributed by atoms with E-state index in [2.05, 4.69) is 10.5 Å². The third-order valence-corrected chi connectivity index (χ3v) is 4.24. The molecular weight excluding hydrogens is 313 g/mol. The predicted octanol–water partition coefficient (Wildman–Crippen LogP) is 1.46. The third-order valence-electron chi connectivity index (χ3n) is 4.24. The van der Waals surface area contributed by atoms with Gasteiger partial charge in [0.1, 0.15) is 12.1 Å². The smallest absolute Gasteiger partial charge is 0.256 e. The minimum absolute atomic E-state index is 0.118. The van der Waals surface area contributed by atoms with E-state index in [0.29, 0.717) is 37.2 Å². The van der Waals surface area contributed by atoms with Gasteiger partial charge < -0.3 is 19.8 Å². The minimum Gasteiger partial charge on any atom is -0.379 e. The summed E-state index contributed by atoms with van der Waals surface area (Å²) >= 11 is 0. The summed E-state index contributed by atoms with van der Waals surface area (Å²) in [6.07, 6.45) is 2.52. The van der Waals surface area contributed by atoms with Gasteiger partial charge in [0.15, 0.2) is 5.60 Å². The van der Waals surface area contributed by atoms with E-state index in [1.165, 1.54) is 17.2 Å². The Bertz CT molecular complexity index is 692. The van der Waals surface area contributed by atoms with Crippen molar-refractivity contribution in [1.29, 1.82) is 0 Å². The molecule has 7 heteroatoms. The summed E-state index contributed by atoms with van der Waals surface area (Å²) in [5.74, 6) is -0.715. The fourth-order valence-electron chi connectivity index (χ4n) is 2.94. The molecule has 24 heavy (non-hydrogen) atoms. The van der Waals surface area contributed by atoms with Crippen LogP contribution in [-0.2, 0) is 17.9 Å². The van der Waals surface area contributed by atoms with Crippen LogP contribution < -0.4 is 5.32 Å². The number of piperidine rings is 1. The fourth-order valence-corrected chi connectivity index (χ4v) is 2.94. The van der Waals surface area contributed by atoms with E-state index in [1.54, 1.807) is 24.3 Å². The van der Waals surface area contributed by atoms with Crippen LogP contribution in [0.15, 0.2) is 41.1 Å². The number of nitrogens with one attached hydrogen (secondary N) is 1. The topological polar surface area (TPSA) is 78.6 Å². The molecule has 1 saturated heterocycles. The molecule has 0 bridgehead atoms. The fraction of sp³-hybridized carbons (Fsp3) is 0.412. The molecule has 128 valence electrons. The van der Waals surface area contributed by atoms with Gasteiger partial charge in [-0.1, -0.05) is 23.4 Å². The number of aromatic nitrogens is 1. The molecule has 6 nitrogen and oxygen atoms in total. The molecule has 1 amide bonds. The normalized spacial score (nSPS) is 21.2. The van der Waals surface area contributed by atoms with Crippen LogP contribution in [-0.4, -0.2) is 39.8 Å². The van der Waals surface area contributed by atoms with E-state index in [0.717, 1.165) is 0 Å². The Hall–Kier alpha value is -2.25. The number of likely N-dealkylation sites (tertiary alicyclic amines) is 1. The first kappa shape index (κ1) is 16.6. The molecule has 2 N–H and O–H groups in total. The lowest BCUT2D eigenvalue weighted by molar-refractivity contribution is -0.157. The Balaban J connectivity index is 1.62. The summed E-state index contributed by atoms with van der Waals surface area (Å²) in [4.78, 5) is 14.1. The number of rotatable bonds is 6. The van der Waals surface area contributed by atoms with E-state index in [4.69, 9.17) is 4.52 Å². The maximum atomic E-state index is 13.8. The van der Waals surface area contributed by atoms with Gasteiger partial charge in [0.2, 0.25) is 0 Å². The Kier molecular flexibility index (Phi) is 4.92. The van der Waals surface area contributed by atoms with Gasteiger partial charge in [-0.3, -0.25) is 4.79 Å². The molecule has 1 atom stereocenters. The van der Waals surface area contributed by atoms with Crippen molar-refractivity contribution in [1.82, 2.24) is 15.4 Å². The molecule has 1 aliphatic heterocycles. The first-order valence-electron chi connectivity index (χ1n) is 7.94. The van der Waals surface area contributed by atoms with Crippen molar-refractivity contribution >= 4 is 5.91 Å². The molecule has 0 unspecified atom stereocenters. The summed E-state index contributed by atoms with van der Waals surface area (Å²) < 4.78 is 18.5. The Morgan fingerprint density at radius 1 is 1.38 bits per heavy atom. The van der Waals surface area contributed by atoms with Crippen LogP contribution in [0.4, 0.5) is 4.39 Å². The van der Waals surface area contributed by atoms with Gasteiger partial charge in [0, 0.05) is 37.8 Å². The number of nitrogens with zero attached hydrogens (tertiary/aromatic N) is 2. The maximum absolute atomic E-state index is 13.8. The second kappa shape index (κ2) is 7.11. The zero-order chi connectivity index (χ0) is 17.0. The summed E-state index contributed by atoms with van der Waals surface area (Å²) in [6.45, 7) is 1.20. The third kappa shape index (κ3) is 3.63. The van der Waals surface area contributed by atoms with Crippen LogP contribution in [0.2, 0.25) is 0 Å². The molecule has 3 rings (SSSR count). The summed E-state index contributed by atoms with van der Waals surface area (Å²) in [6, 6.07) is 8.08. The molecule has 1 fully saturated rings. The quantitative estimate of drug-likeness (QED) is 0.837. The highest BCUT2D eigenvalue weighted by Gasteiger charge is 2.41. The maximum Gasteiger partial charge on any atom is 0.256 e. The lowest BCUT2D eigenvalue weighted by atomic mass is 9.91. The van der Waals surface area contributed by atoms with Gasteiger partial charge in [0.25, 0.3) is 5.91 Å². The molecule has 2 aromatic rings.